The van der Waals surface area contributed by atoms with Crippen LogP contribution < -0.4 is 0 Å². The van der Waals surface area contributed by atoms with Crippen molar-refractivity contribution in [3.8, 4) is 0 Å². The van der Waals surface area contributed by atoms with Crippen LogP contribution in [0, 0.1) is 12.3 Å². The van der Waals surface area contributed by atoms with Gasteiger partial charge < -0.3 is 0 Å². The van der Waals surface area contributed by atoms with E-state index in [2.05, 4.69) is 30.9 Å². The van der Waals surface area contributed by atoms with Crippen LogP contribution in [-0.2, 0) is 0 Å². The van der Waals surface area contributed by atoms with Gasteiger partial charge in [0.2, 0.25) is 0 Å². The van der Waals surface area contributed by atoms with Crippen LogP contribution in [0.3, 0.4) is 0 Å². The molecule has 0 aromatic carbocycles. The lowest BCUT2D eigenvalue weighted by Crippen LogP contribution is -1.91. The van der Waals surface area contributed by atoms with Gasteiger partial charge in [0.15, 0.2) is 0 Å². The van der Waals surface area contributed by atoms with Crippen LogP contribution in [0.25, 0.3) is 0 Å². The van der Waals surface area contributed by atoms with Gasteiger partial charge in [-0.15, -0.1) is 0 Å². The van der Waals surface area contributed by atoms with Crippen LogP contribution in [0.1, 0.15) is 20.3 Å². The standard InChI is InChI=1S/C6H10S/c1-3-4-6(2)5-7/h3,6H,4H2,1-2H3. The van der Waals surface area contributed by atoms with Gasteiger partial charge >= 0.3 is 0 Å². The Morgan fingerprint density at radius 3 is 2.57 bits per heavy atom. The molecule has 0 aliphatic heterocycles. The molecule has 0 rings (SSSR count). The van der Waals surface area contributed by atoms with Gasteiger partial charge in [-0.05, 0) is 18.8 Å². The third-order valence-electron chi connectivity index (χ3n) is 0.790. The average molecular weight is 114 g/mol. The molecule has 0 N–H and O–H groups in total. The third kappa shape index (κ3) is 3.93. The molecule has 1 unspecified atom stereocenters. The molecular weight excluding hydrogens is 104 g/mol. The highest BCUT2D eigenvalue weighted by Crippen LogP contribution is 1.99. The Bertz CT molecular complexity index is 50.1. The predicted octanol–water partition coefficient (Wildman–Crippen LogP) is 2.11. The first-order chi connectivity index (χ1) is 3.31. The second-order valence-corrected chi connectivity index (χ2v) is 1.90. The summed E-state index contributed by atoms with van der Waals surface area (Å²) in [6.45, 7) is 4.09. The molecule has 0 aromatic heterocycles. The fraction of sp³-hybridized carbons (Fsp3) is 0.667. The first-order valence-corrected chi connectivity index (χ1v) is 2.87. The van der Waals surface area contributed by atoms with E-state index in [0.29, 0.717) is 5.92 Å². The summed E-state index contributed by atoms with van der Waals surface area (Å²) in [6.07, 6.45) is 3.16. The van der Waals surface area contributed by atoms with Crippen LogP contribution in [0.2, 0.25) is 0 Å². The maximum atomic E-state index is 4.57. The van der Waals surface area contributed by atoms with E-state index < -0.39 is 0 Å². The molecule has 0 saturated carbocycles. The van der Waals surface area contributed by atoms with Crippen LogP contribution >= 0.6 is 12.2 Å². The highest BCUT2D eigenvalue weighted by Gasteiger charge is 1.91. The van der Waals surface area contributed by atoms with Gasteiger partial charge in [0.05, 0.1) is 0 Å². The zero-order valence-corrected chi connectivity index (χ0v) is 5.59. The molecule has 0 amide bonds. The summed E-state index contributed by atoms with van der Waals surface area (Å²) in [5.41, 5.74) is 0. The Balaban J connectivity index is 2.98. The zero-order chi connectivity index (χ0) is 5.70. The van der Waals surface area contributed by atoms with Crippen LogP contribution in [0.4, 0.5) is 0 Å². The van der Waals surface area contributed by atoms with E-state index in [4.69, 9.17) is 0 Å². The van der Waals surface area contributed by atoms with E-state index >= 15 is 0 Å². The van der Waals surface area contributed by atoms with Crippen LogP contribution in [-0.4, -0.2) is 5.37 Å². The molecule has 0 nitrogen and oxygen atoms in total. The Hall–Kier alpha value is 0.0900. The molecule has 40 valence electrons. The number of rotatable bonds is 3. The van der Waals surface area contributed by atoms with Crippen molar-refractivity contribution < 1.29 is 0 Å². The molecule has 2 radical (unpaired) electrons. The zero-order valence-electron chi connectivity index (χ0n) is 4.77. The lowest BCUT2D eigenvalue weighted by molar-refractivity contribution is 0.778. The maximum absolute atomic E-state index is 4.57. The number of hydrogen-bond acceptors (Lipinski definition) is 1. The molecule has 0 aromatic rings. The third-order valence-corrected chi connectivity index (χ3v) is 1.19. The van der Waals surface area contributed by atoms with E-state index in [1.807, 2.05) is 6.92 Å². The average Bonchev–Trinajstić information content (AvgIpc) is 1.68. The second kappa shape index (κ2) is 4.25. The minimum Gasteiger partial charge on any atom is -0.0834 e. The van der Waals surface area contributed by atoms with Gasteiger partial charge in [-0.3, -0.25) is 0 Å². The normalized spacial score (nSPS) is 13.4. The van der Waals surface area contributed by atoms with Crippen molar-refractivity contribution in [1.29, 1.82) is 0 Å². The molecule has 0 spiro atoms. The minimum atomic E-state index is 0.458. The molecule has 1 atom stereocenters. The summed E-state index contributed by atoms with van der Waals surface area (Å²) in [5.74, 6) is 0.458. The Morgan fingerprint density at radius 1 is 1.86 bits per heavy atom. The fourth-order valence-corrected chi connectivity index (χ4v) is 0.498. The molecule has 0 heterocycles. The Labute approximate surface area is 50.9 Å². The van der Waals surface area contributed by atoms with Crippen molar-refractivity contribution in [2.75, 3.05) is 0 Å². The lowest BCUT2D eigenvalue weighted by Gasteiger charge is -1.95. The molecule has 0 bridgehead atoms. The SMILES string of the molecule is C[CH]CC(C)[C]=S. The van der Waals surface area contributed by atoms with Gasteiger partial charge in [-0.25, -0.2) is 0 Å². The molecule has 0 saturated heterocycles. The first kappa shape index (κ1) is 7.09. The summed E-state index contributed by atoms with van der Waals surface area (Å²) in [5, 5.41) is 2.72. The minimum absolute atomic E-state index is 0.458. The van der Waals surface area contributed by atoms with E-state index in [9.17, 15) is 0 Å². The van der Waals surface area contributed by atoms with Crippen LogP contribution in [0.5, 0.6) is 0 Å². The van der Waals surface area contributed by atoms with Gasteiger partial charge in [0.25, 0.3) is 0 Å². The van der Waals surface area contributed by atoms with Gasteiger partial charge in [0.1, 0.15) is 0 Å². The van der Waals surface area contributed by atoms with Crippen molar-refractivity contribution in [3.63, 3.8) is 0 Å². The maximum Gasteiger partial charge on any atom is 0.0322 e. The smallest absolute Gasteiger partial charge is 0.0322 e. The van der Waals surface area contributed by atoms with E-state index in [0.717, 1.165) is 6.42 Å². The largest absolute Gasteiger partial charge is 0.0834 e. The summed E-state index contributed by atoms with van der Waals surface area (Å²) in [7, 11) is 0. The molecule has 1 heteroatoms. The molecule has 0 fully saturated rings. The quantitative estimate of drug-likeness (QED) is 0.506. The molecule has 0 aliphatic carbocycles. The second-order valence-electron chi connectivity index (χ2n) is 1.66. The molecule has 0 aliphatic rings. The number of hydrogen-bond donors (Lipinski definition) is 0. The number of thiocarbonyl (C=S) groups is 1. The van der Waals surface area contributed by atoms with E-state index in [-0.39, 0.29) is 0 Å². The topological polar surface area (TPSA) is 0 Å². The first-order valence-electron chi connectivity index (χ1n) is 2.46. The van der Waals surface area contributed by atoms with E-state index in [1.165, 1.54) is 0 Å². The molecular formula is C6H10S. The van der Waals surface area contributed by atoms with Crippen molar-refractivity contribution >= 4 is 17.6 Å². The van der Waals surface area contributed by atoms with Gasteiger partial charge in [-0.2, -0.15) is 0 Å². The van der Waals surface area contributed by atoms with Gasteiger partial charge in [0, 0.05) is 5.37 Å². The summed E-state index contributed by atoms with van der Waals surface area (Å²) >= 11 is 4.57. The van der Waals surface area contributed by atoms with Crippen molar-refractivity contribution in [3.05, 3.63) is 6.42 Å². The van der Waals surface area contributed by atoms with Crippen molar-refractivity contribution in [2.24, 2.45) is 5.92 Å². The van der Waals surface area contributed by atoms with Crippen molar-refractivity contribution in [1.82, 2.24) is 0 Å². The molecule has 7 heavy (non-hydrogen) atoms. The van der Waals surface area contributed by atoms with Crippen molar-refractivity contribution in [2.45, 2.75) is 20.3 Å². The summed E-state index contributed by atoms with van der Waals surface area (Å²) < 4.78 is 0. The monoisotopic (exact) mass is 114 g/mol. The fourth-order valence-electron chi connectivity index (χ4n) is 0.402. The Kier molecular flexibility index (Phi) is 4.31. The highest BCUT2D eigenvalue weighted by molar-refractivity contribution is 7.79. The van der Waals surface area contributed by atoms with E-state index in [1.54, 1.807) is 0 Å². The summed E-state index contributed by atoms with van der Waals surface area (Å²) in [4.78, 5) is 0. The highest BCUT2D eigenvalue weighted by atomic mass is 32.1. The van der Waals surface area contributed by atoms with Crippen LogP contribution in [0.15, 0.2) is 0 Å². The predicted molar refractivity (Wildman–Crippen MR) is 36.4 cm³/mol. The summed E-state index contributed by atoms with van der Waals surface area (Å²) in [6, 6.07) is 0. The lowest BCUT2D eigenvalue weighted by atomic mass is 10.1. The van der Waals surface area contributed by atoms with Gasteiger partial charge in [-0.1, -0.05) is 26.1 Å². The Morgan fingerprint density at radius 2 is 2.43 bits per heavy atom.